The van der Waals surface area contributed by atoms with Gasteiger partial charge in [0.05, 0.1) is 0 Å². The van der Waals surface area contributed by atoms with Gasteiger partial charge in [0.25, 0.3) is 0 Å². The fourth-order valence-corrected chi connectivity index (χ4v) is 9.90. The van der Waals surface area contributed by atoms with Gasteiger partial charge in [-0.25, -0.2) is 0 Å². The molecule has 0 amide bonds. The molecule has 0 spiro atoms. The van der Waals surface area contributed by atoms with E-state index < -0.39 is 29.7 Å². The summed E-state index contributed by atoms with van der Waals surface area (Å²) in [4.78, 5) is 0. The second-order valence-corrected chi connectivity index (χ2v) is 12.0. The van der Waals surface area contributed by atoms with Crippen molar-refractivity contribution in [3.8, 4) is 0 Å². The van der Waals surface area contributed by atoms with Gasteiger partial charge in [0.1, 0.15) is 0 Å². The van der Waals surface area contributed by atoms with Gasteiger partial charge in [-0.1, -0.05) is 0 Å². The van der Waals surface area contributed by atoms with Crippen LogP contribution in [0.2, 0.25) is 0 Å². The maximum atomic E-state index is 11.3. The quantitative estimate of drug-likeness (QED) is 0.459. The molecule has 0 saturated heterocycles. The first-order chi connectivity index (χ1) is 12.4. The maximum absolute atomic E-state index is 11.3. The first-order valence-corrected chi connectivity index (χ1v) is 12.4. The SMILES string of the molecule is Cc1cccc(C2=c3ccccc3=[Te](O[Cl+3]([O-])([O-])[O-])c3ccccc32)c1. The van der Waals surface area contributed by atoms with Crippen LogP contribution in [-0.2, 0) is 2.65 Å². The summed E-state index contributed by atoms with van der Waals surface area (Å²) in [5, 5.41) is 0.937. The molecule has 6 heteroatoms. The summed E-state index contributed by atoms with van der Waals surface area (Å²) in [5.41, 5.74) is 4.18. The first-order valence-electron chi connectivity index (χ1n) is 7.92. The third kappa shape index (κ3) is 3.36. The molecule has 132 valence electrons. The van der Waals surface area contributed by atoms with Gasteiger partial charge in [0.15, 0.2) is 0 Å². The van der Waals surface area contributed by atoms with Gasteiger partial charge in [-0.15, -0.1) is 0 Å². The normalized spacial score (nSPS) is 14.1. The summed E-state index contributed by atoms with van der Waals surface area (Å²) >= 11 is -3.03. The van der Waals surface area contributed by atoms with E-state index in [4.69, 9.17) is 2.65 Å². The van der Waals surface area contributed by atoms with Gasteiger partial charge in [0, 0.05) is 0 Å². The zero-order valence-corrected chi connectivity index (χ0v) is 16.9. The van der Waals surface area contributed by atoms with Crippen molar-refractivity contribution in [2.75, 3.05) is 0 Å². The Morgan fingerprint density at radius 3 is 2.35 bits per heavy atom. The fourth-order valence-electron chi connectivity index (χ4n) is 3.19. The van der Waals surface area contributed by atoms with Crippen molar-refractivity contribution in [2.45, 2.75) is 6.92 Å². The third-order valence-electron chi connectivity index (χ3n) is 4.16. The Bertz CT molecular complexity index is 1120. The van der Waals surface area contributed by atoms with E-state index in [1.165, 1.54) is 0 Å². The number of benzene rings is 3. The van der Waals surface area contributed by atoms with Crippen molar-refractivity contribution >= 4 is 28.7 Å². The van der Waals surface area contributed by atoms with E-state index in [2.05, 4.69) is 6.07 Å². The molecule has 3 aromatic carbocycles. The van der Waals surface area contributed by atoms with Gasteiger partial charge in [-0.3, -0.25) is 0 Å². The van der Waals surface area contributed by atoms with Crippen LogP contribution in [0.5, 0.6) is 0 Å². The van der Waals surface area contributed by atoms with E-state index in [0.29, 0.717) is 0 Å². The third-order valence-corrected chi connectivity index (χ3v) is 11.2. The van der Waals surface area contributed by atoms with Gasteiger partial charge in [0.2, 0.25) is 0 Å². The molecule has 0 fully saturated rings. The Balaban J connectivity index is 2.16. The molecule has 1 heterocycles. The average molecular weight is 482 g/mol. The second-order valence-electron chi connectivity index (χ2n) is 5.95. The number of rotatable bonds is 3. The molecule has 4 nitrogen and oxygen atoms in total. The van der Waals surface area contributed by atoms with Crippen LogP contribution < -0.4 is 22.8 Å². The van der Waals surface area contributed by atoms with E-state index in [1.54, 1.807) is 0 Å². The van der Waals surface area contributed by atoms with Crippen molar-refractivity contribution < 1.29 is 26.9 Å². The summed E-state index contributed by atoms with van der Waals surface area (Å²) in [7, 11) is -4.48. The number of halogens is 1. The van der Waals surface area contributed by atoms with Gasteiger partial charge < -0.3 is 0 Å². The minimum atomic E-state index is -4.48. The predicted octanol–water partition coefficient (Wildman–Crippen LogP) is -0.799. The van der Waals surface area contributed by atoms with Crippen molar-refractivity contribution in [3.05, 3.63) is 97.9 Å². The Kier molecular flexibility index (Phi) is 4.72. The summed E-state index contributed by atoms with van der Waals surface area (Å²) in [6.45, 7) is 2.04. The topological polar surface area (TPSA) is 78.4 Å². The molecular weight excluding hydrogens is 467 g/mol. The van der Waals surface area contributed by atoms with Gasteiger partial charge in [-0.05, 0) is 0 Å². The standard InChI is InChI=1S/C20H15ClO4Te/c1-14-7-6-8-15(13-14)20-16-9-2-4-11-18(16)26(25-21(22,23)24)19-12-5-3-10-17(19)20/h2-13H,1H3. The monoisotopic (exact) mass is 484 g/mol. The van der Waals surface area contributed by atoms with Crippen LogP contribution in [0.1, 0.15) is 16.7 Å². The number of hydrogen-bond donors (Lipinski definition) is 0. The van der Waals surface area contributed by atoms with E-state index >= 15 is 0 Å². The average Bonchev–Trinajstić information content (AvgIpc) is 2.60. The summed E-state index contributed by atoms with van der Waals surface area (Å²) < 4.78 is 40.8. The zero-order chi connectivity index (χ0) is 18.3. The van der Waals surface area contributed by atoms with Crippen LogP contribution in [0.3, 0.4) is 0 Å². The fraction of sp³-hybridized carbons (Fsp3) is 0.0500. The molecule has 26 heavy (non-hydrogen) atoms. The molecule has 0 radical (unpaired) electrons. The number of hydrogen-bond acceptors (Lipinski definition) is 4. The molecular formula is C20H15ClO4Te. The molecule has 0 N–H and O–H groups in total. The molecule has 0 aromatic heterocycles. The molecule has 1 aliphatic heterocycles. The van der Waals surface area contributed by atoms with Crippen LogP contribution in [0, 0.1) is 20.4 Å². The van der Waals surface area contributed by atoms with E-state index in [-0.39, 0.29) is 0 Å². The van der Waals surface area contributed by atoms with Crippen LogP contribution in [0.4, 0.5) is 0 Å². The number of aryl methyl sites for hydroxylation is 1. The molecule has 3 aromatic rings. The van der Waals surface area contributed by atoms with Crippen LogP contribution >= 0.6 is 0 Å². The van der Waals surface area contributed by atoms with Crippen molar-refractivity contribution in [1.82, 2.24) is 0 Å². The summed E-state index contributed by atoms with van der Waals surface area (Å²) in [6, 6.07) is 23.4. The summed E-state index contributed by atoms with van der Waals surface area (Å²) in [5.74, 6) is 0. The van der Waals surface area contributed by atoms with E-state index in [0.717, 1.165) is 34.3 Å². The molecule has 0 unspecified atom stereocenters. The van der Waals surface area contributed by atoms with Gasteiger partial charge in [-0.2, -0.15) is 0 Å². The van der Waals surface area contributed by atoms with Crippen LogP contribution in [-0.4, -0.2) is 19.5 Å². The molecule has 0 saturated carbocycles. The number of fused-ring (bicyclic) bond motifs is 2. The zero-order valence-electron chi connectivity index (χ0n) is 13.8. The minimum absolute atomic E-state index is 0.832. The van der Waals surface area contributed by atoms with Crippen LogP contribution in [0.25, 0.3) is 5.57 Å². The van der Waals surface area contributed by atoms with E-state index in [9.17, 15) is 14.0 Å². The Labute approximate surface area is 160 Å². The Hall–Kier alpha value is -1.55. The Morgan fingerprint density at radius 2 is 1.58 bits per heavy atom. The van der Waals surface area contributed by atoms with Gasteiger partial charge >= 0.3 is 160 Å². The van der Waals surface area contributed by atoms with Crippen molar-refractivity contribution in [1.29, 1.82) is 0 Å². The molecule has 0 bridgehead atoms. The molecule has 4 rings (SSSR count). The predicted molar refractivity (Wildman–Crippen MR) is 90.6 cm³/mol. The second kappa shape index (κ2) is 6.88. The summed E-state index contributed by atoms with van der Waals surface area (Å²) in [6.07, 6.45) is 0. The van der Waals surface area contributed by atoms with Crippen LogP contribution in [0.15, 0.2) is 72.8 Å². The first kappa shape index (κ1) is 17.8. The van der Waals surface area contributed by atoms with Crippen molar-refractivity contribution in [2.24, 2.45) is 0 Å². The van der Waals surface area contributed by atoms with Crippen molar-refractivity contribution in [3.63, 3.8) is 0 Å². The van der Waals surface area contributed by atoms with E-state index in [1.807, 2.05) is 73.7 Å². The molecule has 0 aliphatic carbocycles. The molecule has 1 aliphatic rings. The molecule has 0 atom stereocenters. The Morgan fingerprint density at radius 1 is 0.846 bits per heavy atom.